The Morgan fingerprint density at radius 1 is 1.10 bits per heavy atom. The summed E-state index contributed by atoms with van der Waals surface area (Å²) in [5, 5.41) is 41.0. The highest BCUT2D eigenvalue weighted by molar-refractivity contribution is 7.79. The van der Waals surface area contributed by atoms with Gasteiger partial charge in [0, 0.05) is 29.4 Å². The van der Waals surface area contributed by atoms with Crippen LogP contribution in [0.5, 0.6) is 11.5 Å². The molecule has 0 amide bonds. The van der Waals surface area contributed by atoms with Gasteiger partial charge in [0.15, 0.2) is 6.10 Å². The van der Waals surface area contributed by atoms with E-state index in [1.165, 1.54) is 24.3 Å². The third-order valence-corrected chi connectivity index (χ3v) is 4.80. The summed E-state index contributed by atoms with van der Waals surface area (Å²) in [4.78, 5) is 10.2. The predicted molar refractivity (Wildman–Crippen MR) is 111 cm³/mol. The highest BCUT2D eigenvalue weighted by Crippen LogP contribution is 2.28. The van der Waals surface area contributed by atoms with Crippen molar-refractivity contribution in [3.05, 3.63) is 63.7 Å². The largest absolute Gasteiger partial charge is 0.461 e. The van der Waals surface area contributed by atoms with Crippen LogP contribution in [0.15, 0.2) is 48.5 Å². The third kappa shape index (κ3) is 5.79. The Balaban J connectivity index is 1.75. The van der Waals surface area contributed by atoms with Crippen molar-refractivity contribution < 1.29 is 39.2 Å². The van der Waals surface area contributed by atoms with Crippen LogP contribution in [-0.2, 0) is 9.47 Å². The molecule has 0 saturated carbocycles. The van der Waals surface area contributed by atoms with Gasteiger partial charge in [0.05, 0.1) is 11.5 Å². The van der Waals surface area contributed by atoms with Crippen LogP contribution < -0.4 is 9.47 Å². The molecule has 1 aliphatic heterocycles. The quantitative estimate of drug-likeness (QED) is 0.324. The molecular formula is C19H18ClNO9S. The molecule has 2 aromatic carbocycles. The molecule has 0 aromatic heterocycles. The Bertz CT molecular complexity index is 912. The van der Waals surface area contributed by atoms with E-state index in [1.54, 1.807) is 24.3 Å². The zero-order valence-corrected chi connectivity index (χ0v) is 17.3. The standard InChI is InChI=1S/C19H18ClNO9S/c20-10-1-5-13(6-2-10)28-19(31)30-17-16(24)15(23)14(9-22)29-18(17)27-12-7-3-11(4-8-12)21(25)26/h1-8,14-18,22-24H,9H2/t14-,15-,16+,17-,18+/m1/s1. The van der Waals surface area contributed by atoms with Gasteiger partial charge < -0.3 is 34.3 Å². The molecule has 0 unspecified atom stereocenters. The molecule has 3 rings (SSSR count). The van der Waals surface area contributed by atoms with Gasteiger partial charge in [-0.05, 0) is 36.4 Å². The summed E-state index contributed by atoms with van der Waals surface area (Å²) < 4.78 is 22.0. The number of rotatable bonds is 6. The van der Waals surface area contributed by atoms with E-state index in [-0.39, 0.29) is 16.7 Å². The number of nitro benzene ring substituents is 1. The zero-order valence-electron chi connectivity index (χ0n) is 15.7. The minimum Gasteiger partial charge on any atom is -0.461 e. The molecule has 0 aliphatic carbocycles. The fraction of sp³-hybridized carbons (Fsp3) is 0.316. The molecule has 3 N–H and O–H groups in total. The second-order valence-corrected chi connectivity index (χ2v) is 7.23. The van der Waals surface area contributed by atoms with E-state index in [9.17, 15) is 25.4 Å². The predicted octanol–water partition coefficient (Wildman–Crippen LogP) is 1.82. The van der Waals surface area contributed by atoms with Crippen LogP contribution in [-0.4, -0.2) is 62.8 Å². The Hall–Kier alpha value is -2.54. The first-order valence-electron chi connectivity index (χ1n) is 8.96. The molecule has 1 aliphatic rings. The maximum atomic E-state index is 10.8. The van der Waals surface area contributed by atoms with Gasteiger partial charge in [0.25, 0.3) is 5.69 Å². The number of halogens is 1. The average Bonchev–Trinajstić information content (AvgIpc) is 2.75. The van der Waals surface area contributed by atoms with E-state index in [0.29, 0.717) is 10.8 Å². The fourth-order valence-electron chi connectivity index (χ4n) is 2.79. The van der Waals surface area contributed by atoms with Crippen molar-refractivity contribution in [2.75, 3.05) is 6.61 Å². The average molecular weight is 472 g/mol. The number of thiocarbonyl (C=S) groups is 1. The molecule has 1 fully saturated rings. The van der Waals surface area contributed by atoms with Crippen LogP contribution in [0, 0.1) is 10.1 Å². The van der Waals surface area contributed by atoms with Crippen molar-refractivity contribution in [2.24, 2.45) is 0 Å². The van der Waals surface area contributed by atoms with E-state index < -0.39 is 42.2 Å². The van der Waals surface area contributed by atoms with Crippen molar-refractivity contribution in [2.45, 2.75) is 30.7 Å². The Morgan fingerprint density at radius 3 is 2.29 bits per heavy atom. The number of hydrogen-bond donors (Lipinski definition) is 3. The van der Waals surface area contributed by atoms with Crippen molar-refractivity contribution in [1.29, 1.82) is 0 Å². The van der Waals surface area contributed by atoms with Gasteiger partial charge in [-0.1, -0.05) is 11.6 Å². The van der Waals surface area contributed by atoms with Crippen LogP contribution in [0.2, 0.25) is 5.02 Å². The second-order valence-electron chi connectivity index (χ2n) is 6.46. The first-order chi connectivity index (χ1) is 14.8. The number of aliphatic hydroxyl groups is 3. The summed E-state index contributed by atoms with van der Waals surface area (Å²) in [6.45, 7) is -0.600. The van der Waals surface area contributed by atoms with Crippen LogP contribution in [0.3, 0.4) is 0 Å². The van der Waals surface area contributed by atoms with Crippen LogP contribution >= 0.6 is 23.8 Å². The van der Waals surface area contributed by atoms with E-state index in [4.69, 9.17) is 42.8 Å². The van der Waals surface area contributed by atoms with Crippen molar-refractivity contribution in [1.82, 2.24) is 0 Å². The molecule has 2 aromatic rings. The number of benzene rings is 2. The summed E-state index contributed by atoms with van der Waals surface area (Å²) in [5.74, 6) is 0.483. The first kappa shape index (κ1) is 23.1. The van der Waals surface area contributed by atoms with Gasteiger partial charge in [-0.3, -0.25) is 10.1 Å². The second kappa shape index (κ2) is 10.2. The van der Waals surface area contributed by atoms with Gasteiger partial charge in [-0.15, -0.1) is 0 Å². The third-order valence-electron chi connectivity index (χ3n) is 4.37. The maximum absolute atomic E-state index is 10.8. The Morgan fingerprint density at radius 2 is 1.71 bits per heavy atom. The number of nitro groups is 1. The Labute approximate surface area is 186 Å². The Kier molecular flexibility index (Phi) is 7.59. The lowest BCUT2D eigenvalue weighted by Crippen LogP contribution is -2.61. The summed E-state index contributed by atoms with van der Waals surface area (Å²) in [6, 6.07) is 11.3. The normalized spacial score (nSPS) is 25.5. The summed E-state index contributed by atoms with van der Waals surface area (Å²) in [6.07, 6.45) is -6.88. The molecule has 1 heterocycles. The number of non-ortho nitro benzene ring substituents is 1. The van der Waals surface area contributed by atoms with E-state index >= 15 is 0 Å². The molecule has 166 valence electrons. The maximum Gasteiger partial charge on any atom is 0.358 e. The summed E-state index contributed by atoms with van der Waals surface area (Å²) >= 11 is 10.9. The first-order valence-corrected chi connectivity index (χ1v) is 9.74. The number of nitrogens with zero attached hydrogens (tertiary/aromatic N) is 1. The fourth-order valence-corrected chi connectivity index (χ4v) is 3.12. The molecule has 5 atom stereocenters. The van der Waals surface area contributed by atoms with Crippen molar-refractivity contribution >= 4 is 34.7 Å². The lowest BCUT2D eigenvalue weighted by atomic mass is 9.99. The van der Waals surface area contributed by atoms with Gasteiger partial charge >= 0.3 is 5.24 Å². The van der Waals surface area contributed by atoms with E-state index in [0.717, 1.165) is 0 Å². The van der Waals surface area contributed by atoms with Crippen molar-refractivity contribution in [3.8, 4) is 11.5 Å². The van der Waals surface area contributed by atoms with Gasteiger partial charge in [0.2, 0.25) is 6.29 Å². The van der Waals surface area contributed by atoms with Crippen LogP contribution in [0.4, 0.5) is 5.69 Å². The van der Waals surface area contributed by atoms with E-state index in [1.807, 2.05) is 0 Å². The molecule has 0 spiro atoms. The minimum atomic E-state index is -1.55. The molecule has 0 radical (unpaired) electrons. The smallest absolute Gasteiger partial charge is 0.358 e. The van der Waals surface area contributed by atoms with Crippen molar-refractivity contribution in [3.63, 3.8) is 0 Å². The molecular weight excluding hydrogens is 454 g/mol. The van der Waals surface area contributed by atoms with Gasteiger partial charge in [0.1, 0.15) is 29.8 Å². The molecule has 12 heteroatoms. The van der Waals surface area contributed by atoms with Crippen LogP contribution in [0.25, 0.3) is 0 Å². The minimum absolute atomic E-state index is 0.147. The summed E-state index contributed by atoms with van der Waals surface area (Å²) in [7, 11) is 0. The molecule has 1 saturated heterocycles. The number of hydrogen-bond acceptors (Lipinski definition) is 10. The lowest BCUT2D eigenvalue weighted by molar-refractivity contribution is -0.384. The number of ether oxygens (including phenoxy) is 4. The zero-order chi connectivity index (χ0) is 22.5. The van der Waals surface area contributed by atoms with Crippen LogP contribution in [0.1, 0.15) is 0 Å². The molecule has 31 heavy (non-hydrogen) atoms. The van der Waals surface area contributed by atoms with E-state index in [2.05, 4.69) is 0 Å². The monoisotopic (exact) mass is 471 g/mol. The van der Waals surface area contributed by atoms with Gasteiger partial charge in [-0.2, -0.15) is 0 Å². The molecule has 10 nitrogen and oxygen atoms in total. The molecule has 0 bridgehead atoms. The highest BCUT2D eigenvalue weighted by Gasteiger charge is 2.47. The SMILES string of the molecule is O=[N+]([O-])c1ccc(O[C@H]2O[C@H](CO)[C@@H](O)[C@H](O)[C@H]2OC(=S)Oc2ccc(Cl)cc2)cc1. The summed E-state index contributed by atoms with van der Waals surface area (Å²) in [5.41, 5.74) is -0.147. The van der Waals surface area contributed by atoms with Gasteiger partial charge in [-0.25, -0.2) is 0 Å². The topological polar surface area (TPSA) is 141 Å². The lowest BCUT2D eigenvalue weighted by Gasteiger charge is -2.41. The highest BCUT2D eigenvalue weighted by atomic mass is 35.5. The number of aliphatic hydroxyl groups excluding tert-OH is 3.